The Labute approximate surface area is 179 Å². The molecular formula is C23H31ClN2O3. The zero-order valence-corrected chi connectivity index (χ0v) is 18.3. The van der Waals surface area contributed by atoms with E-state index in [9.17, 15) is 4.79 Å². The highest BCUT2D eigenvalue weighted by Gasteiger charge is 2.27. The third kappa shape index (κ3) is 5.87. The van der Waals surface area contributed by atoms with Gasteiger partial charge in [-0.05, 0) is 41.7 Å². The number of nitrogens with one attached hydrogen (secondary N) is 1. The molecule has 5 nitrogen and oxygen atoms in total. The van der Waals surface area contributed by atoms with Crippen LogP contribution in [0.3, 0.4) is 0 Å². The number of rotatable bonds is 7. The summed E-state index contributed by atoms with van der Waals surface area (Å²) in [5.41, 5.74) is 3.56. The molecule has 0 saturated carbocycles. The Kier molecular flexibility index (Phi) is 8.80. The summed E-state index contributed by atoms with van der Waals surface area (Å²) in [6.07, 6.45) is 2.16. The van der Waals surface area contributed by atoms with E-state index in [0.717, 1.165) is 43.1 Å². The minimum absolute atomic E-state index is 0. The molecule has 29 heavy (non-hydrogen) atoms. The minimum atomic E-state index is 0. The molecule has 0 aromatic heterocycles. The van der Waals surface area contributed by atoms with E-state index >= 15 is 0 Å². The quantitative estimate of drug-likeness (QED) is 0.743. The molecule has 2 aromatic rings. The first-order valence-corrected chi connectivity index (χ1v) is 9.95. The Balaban J connectivity index is 0.00000300. The summed E-state index contributed by atoms with van der Waals surface area (Å²) in [4.78, 5) is 15.0. The molecule has 6 heteroatoms. The van der Waals surface area contributed by atoms with Crippen LogP contribution in [0.5, 0.6) is 11.5 Å². The molecule has 1 aliphatic heterocycles. The second-order valence-corrected chi connectivity index (χ2v) is 7.12. The largest absolute Gasteiger partial charge is 0.497 e. The van der Waals surface area contributed by atoms with Crippen LogP contribution in [-0.4, -0.2) is 44.7 Å². The van der Waals surface area contributed by atoms with Crippen molar-refractivity contribution >= 4 is 18.3 Å². The normalized spacial score (nSPS) is 16.1. The van der Waals surface area contributed by atoms with Crippen molar-refractivity contribution in [2.24, 2.45) is 0 Å². The van der Waals surface area contributed by atoms with Crippen LogP contribution in [0.1, 0.15) is 36.1 Å². The smallest absolute Gasteiger partial charge is 0.223 e. The highest BCUT2D eigenvalue weighted by atomic mass is 35.5. The van der Waals surface area contributed by atoms with Gasteiger partial charge < -0.3 is 19.7 Å². The van der Waals surface area contributed by atoms with Crippen LogP contribution in [-0.2, 0) is 17.6 Å². The van der Waals surface area contributed by atoms with Gasteiger partial charge in [0.05, 0.1) is 20.3 Å². The molecular weight excluding hydrogens is 388 g/mol. The third-order valence-electron chi connectivity index (χ3n) is 5.38. The maximum atomic E-state index is 13.0. The van der Waals surface area contributed by atoms with Gasteiger partial charge in [-0.25, -0.2) is 0 Å². The summed E-state index contributed by atoms with van der Waals surface area (Å²) in [5, 5.41) is 3.42. The predicted molar refractivity (Wildman–Crippen MR) is 118 cm³/mol. The molecule has 1 heterocycles. The van der Waals surface area contributed by atoms with Crippen LogP contribution in [0.25, 0.3) is 0 Å². The number of halogens is 1. The number of methoxy groups -OCH3 is 2. The average Bonchev–Trinajstić information content (AvgIpc) is 2.77. The van der Waals surface area contributed by atoms with Crippen molar-refractivity contribution in [2.45, 2.75) is 32.2 Å². The van der Waals surface area contributed by atoms with Crippen molar-refractivity contribution in [1.82, 2.24) is 10.2 Å². The fraction of sp³-hybridized carbons (Fsp3) is 0.435. The summed E-state index contributed by atoms with van der Waals surface area (Å²) in [7, 11) is 3.28. The molecule has 1 N–H and O–H groups in total. The van der Waals surface area contributed by atoms with E-state index in [1.54, 1.807) is 14.2 Å². The molecule has 0 aliphatic carbocycles. The molecule has 1 fully saturated rings. The Morgan fingerprint density at radius 2 is 1.72 bits per heavy atom. The molecule has 2 aromatic carbocycles. The zero-order valence-electron chi connectivity index (χ0n) is 17.4. The number of aryl methyl sites for hydroxylation is 2. The van der Waals surface area contributed by atoms with Gasteiger partial charge in [0, 0.05) is 32.1 Å². The van der Waals surface area contributed by atoms with Crippen LogP contribution >= 0.6 is 12.4 Å². The molecule has 0 radical (unpaired) electrons. The first-order valence-electron chi connectivity index (χ1n) is 9.95. The van der Waals surface area contributed by atoms with Crippen molar-refractivity contribution < 1.29 is 14.3 Å². The van der Waals surface area contributed by atoms with Crippen molar-refractivity contribution in [3.63, 3.8) is 0 Å². The Bertz CT molecular complexity index is 773. The van der Waals surface area contributed by atoms with Gasteiger partial charge in [-0.15, -0.1) is 12.4 Å². The average molecular weight is 419 g/mol. The van der Waals surface area contributed by atoms with E-state index in [1.807, 2.05) is 23.1 Å². The number of nitrogens with zero attached hydrogens (tertiary/aromatic N) is 1. The SMILES string of the molecule is CCc1ccc(C2CNCCN2C(=O)CCc2cc(OC)cc(OC)c2)cc1.Cl. The van der Waals surface area contributed by atoms with Crippen molar-refractivity contribution in [1.29, 1.82) is 0 Å². The summed E-state index contributed by atoms with van der Waals surface area (Å²) in [6, 6.07) is 14.5. The predicted octanol–water partition coefficient (Wildman–Crippen LogP) is 3.79. The van der Waals surface area contributed by atoms with Crippen molar-refractivity contribution in [3.8, 4) is 11.5 Å². The number of benzene rings is 2. The number of carbonyl (C=O) groups is 1. The van der Waals surface area contributed by atoms with Gasteiger partial charge in [-0.2, -0.15) is 0 Å². The van der Waals surface area contributed by atoms with Crippen LogP contribution in [0, 0.1) is 0 Å². The summed E-state index contributed by atoms with van der Waals surface area (Å²) < 4.78 is 10.7. The number of carbonyl (C=O) groups excluding carboxylic acids is 1. The van der Waals surface area contributed by atoms with E-state index in [-0.39, 0.29) is 24.4 Å². The van der Waals surface area contributed by atoms with E-state index in [2.05, 4.69) is 36.5 Å². The second kappa shape index (κ2) is 11.1. The standard InChI is InChI=1S/C23H30N2O3.ClH/c1-4-17-5-8-19(9-6-17)22-16-24-11-12-25(22)23(26)10-7-18-13-20(27-2)15-21(14-18)28-3;/h5-6,8-9,13-15,22,24H,4,7,10-12,16H2,1-3H3;1H. The van der Waals surface area contributed by atoms with Gasteiger partial charge in [0.15, 0.2) is 0 Å². The lowest BCUT2D eigenvalue weighted by atomic mass is 10.00. The van der Waals surface area contributed by atoms with Gasteiger partial charge in [-0.3, -0.25) is 4.79 Å². The summed E-state index contributed by atoms with van der Waals surface area (Å²) in [5.74, 6) is 1.68. The third-order valence-corrected chi connectivity index (χ3v) is 5.38. The number of amides is 1. The van der Waals surface area contributed by atoms with E-state index in [0.29, 0.717) is 12.8 Å². The minimum Gasteiger partial charge on any atom is -0.497 e. The molecule has 1 aliphatic rings. The maximum absolute atomic E-state index is 13.0. The molecule has 1 atom stereocenters. The lowest BCUT2D eigenvalue weighted by molar-refractivity contribution is -0.134. The molecule has 0 bridgehead atoms. The highest BCUT2D eigenvalue weighted by Crippen LogP contribution is 2.26. The second-order valence-electron chi connectivity index (χ2n) is 7.12. The zero-order chi connectivity index (χ0) is 19.9. The Morgan fingerprint density at radius 1 is 1.07 bits per heavy atom. The number of hydrogen-bond donors (Lipinski definition) is 1. The molecule has 3 rings (SSSR count). The number of ether oxygens (including phenoxy) is 2. The number of piperazine rings is 1. The van der Waals surface area contributed by atoms with E-state index in [1.165, 1.54) is 11.1 Å². The summed E-state index contributed by atoms with van der Waals surface area (Å²) in [6.45, 7) is 4.52. The molecule has 1 saturated heterocycles. The monoisotopic (exact) mass is 418 g/mol. The first-order chi connectivity index (χ1) is 13.6. The van der Waals surface area contributed by atoms with Gasteiger partial charge in [0.25, 0.3) is 0 Å². The van der Waals surface area contributed by atoms with Crippen LogP contribution in [0.15, 0.2) is 42.5 Å². The fourth-order valence-electron chi connectivity index (χ4n) is 3.68. The summed E-state index contributed by atoms with van der Waals surface area (Å²) >= 11 is 0. The maximum Gasteiger partial charge on any atom is 0.223 e. The lowest BCUT2D eigenvalue weighted by Gasteiger charge is -2.37. The van der Waals surface area contributed by atoms with E-state index in [4.69, 9.17) is 9.47 Å². The molecule has 1 unspecified atom stereocenters. The van der Waals surface area contributed by atoms with Crippen LogP contribution in [0.2, 0.25) is 0 Å². The van der Waals surface area contributed by atoms with E-state index < -0.39 is 0 Å². The van der Waals surface area contributed by atoms with Crippen molar-refractivity contribution in [2.75, 3.05) is 33.9 Å². The van der Waals surface area contributed by atoms with Gasteiger partial charge in [-0.1, -0.05) is 31.2 Å². The van der Waals surface area contributed by atoms with Gasteiger partial charge >= 0.3 is 0 Å². The lowest BCUT2D eigenvalue weighted by Crippen LogP contribution is -2.48. The molecule has 0 spiro atoms. The molecule has 158 valence electrons. The fourth-order valence-corrected chi connectivity index (χ4v) is 3.68. The van der Waals surface area contributed by atoms with Crippen LogP contribution in [0.4, 0.5) is 0 Å². The highest BCUT2D eigenvalue weighted by molar-refractivity contribution is 5.85. The number of hydrogen-bond acceptors (Lipinski definition) is 4. The molecule has 1 amide bonds. The Hall–Kier alpha value is -2.24. The van der Waals surface area contributed by atoms with Gasteiger partial charge in [0.2, 0.25) is 5.91 Å². The van der Waals surface area contributed by atoms with Gasteiger partial charge in [0.1, 0.15) is 11.5 Å². The Morgan fingerprint density at radius 3 is 2.31 bits per heavy atom. The topological polar surface area (TPSA) is 50.8 Å². The van der Waals surface area contributed by atoms with Crippen molar-refractivity contribution in [3.05, 3.63) is 59.2 Å². The first kappa shape index (κ1) is 23.0. The van der Waals surface area contributed by atoms with Crippen LogP contribution < -0.4 is 14.8 Å².